The number of hydrogen-bond donors (Lipinski definition) is 1. The van der Waals surface area contributed by atoms with Gasteiger partial charge in [0.25, 0.3) is 10.0 Å². The zero-order valence-electron chi connectivity index (χ0n) is 15.0. The maximum absolute atomic E-state index is 13.1. The molecule has 0 aliphatic carbocycles. The van der Waals surface area contributed by atoms with Gasteiger partial charge in [0.15, 0.2) is 0 Å². The molecule has 26 heavy (non-hydrogen) atoms. The van der Waals surface area contributed by atoms with Crippen molar-refractivity contribution in [2.24, 2.45) is 0 Å². The number of carbonyl (C=O) groups is 1. The van der Waals surface area contributed by atoms with Gasteiger partial charge in [0.1, 0.15) is 4.90 Å². The molecule has 0 atom stereocenters. The number of benzene rings is 2. The fraction of sp³-hybridized carbons (Fsp3) is 0.316. The van der Waals surface area contributed by atoms with Gasteiger partial charge in [-0.15, -0.1) is 0 Å². The number of rotatable bonds is 4. The molecule has 7 heteroatoms. The van der Waals surface area contributed by atoms with Crippen LogP contribution in [0.25, 0.3) is 0 Å². The Bertz CT molecular complexity index is 987. The van der Waals surface area contributed by atoms with Crippen LogP contribution in [0.15, 0.2) is 39.7 Å². The lowest BCUT2D eigenvalue weighted by molar-refractivity contribution is -0.118. The molecular weight excluding hydrogens is 416 g/mol. The van der Waals surface area contributed by atoms with Crippen LogP contribution >= 0.6 is 15.9 Å². The van der Waals surface area contributed by atoms with E-state index in [1.807, 2.05) is 32.0 Å². The average molecular weight is 437 g/mol. The van der Waals surface area contributed by atoms with Gasteiger partial charge in [-0.1, -0.05) is 40.5 Å². The van der Waals surface area contributed by atoms with Gasteiger partial charge >= 0.3 is 0 Å². The summed E-state index contributed by atoms with van der Waals surface area (Å²) < 4.78 is 29.6. The molecular formula is C19H21BrN2O3S. The van der Waals surface area contributed by atoms with E-state index in [0.717, 1.165) is 16.7 Å². The van der Waals surface area contributed by atoms with E-state index in [1.54, 1.807) is 24.0 Å². The topological polar surface area (TPSA) is 66.5 Å². The van der Waals surface area contributed by atoms with Crippen LogP contribution < -0.4 is 9.62 Å². The lowest BCUT2D eigenvalue weighted by Crippen LogP contribution is -2.29. The minimum atomic E-state index is -3.84. The van der Waals surface area contributed by atoms with Gasteiger partial charge in [0, 0.05) is 17.4 Å². The number of hydrogen-bond acceptors (Lipinski definition) is 3. The van der Waals surface area contributed by atoms with Crippen molar-refractivity contribution in [2.75, 3.05) is 16.2 Å². The highest BCUT2D eigenvalue weighted by Gasteiger charge is 2.32. The summed E-state index contributed by atoms with van der Waals surface area (Å²) in [6.45, 7) is 6.11. The third kappa shape index (κ3) is 3.50. The summed E-state index contributed by atoms with van der Waals surface area (Å²) >= 11 is 3.40. The molecule has 0 bridgehead atoms. The van der Waals surface area contributed by atoms with Crippen LogP contribution in [0.2, 0.25) is 0 Å². The Kier molecular flexibility index (Phi) is 5.12. The second-order valence-corrected chi connectivity index (χ2v) is 9.05. The summed E-state index contributed by atoms with van der Waals surface area (Å²) in [7, 11) is -3.84. The second kappa shape index (κ2) is 7.04. The van der Waals surface area contributed by atoms with E-state index in [-0.39, 0.29) is 10.8 Å². The van der Waals surface area contributed by atoms with Crippen LogP contribution in [0, 0.1) is 13.8 Å². The fourth-order valence-electron chi connectivity index (χ4n) is 3.24. The number of aryl methyl sites for hydroxylation is 2. The first-order valence-corrected chi connectivity index (χ1v) is 10.7. The summed E-state index contributed by atoms with van der Waals surface area (Å²) in [6.07, 6.45) is 0.978. The molecule has 138 valence electrons. The van der Waals surface area contributed by atoms with Crippen molar-refractivity contribution in [3.05, 3.63) is 51.5 Å². The molecule has 1 aliphatic rings. The van der Waals surface area contributed by atoms with Gasteiger partial charge in [-0.2, -0.15) is 0 Å². The summed E-state index contributed by atoms with van der Waals surface area (Å²) in [6, 6.07) is 9.00. The molecule has 5 nitrogen and oxygen atoms in total. The Morgan fingerprint density at radius 2 is 1.96 bits per heavy atom. The summed E-state index contributed by atoms with van der Waals surface area (Å²) in [5, 5.41) is 0. The summed E-state index contributed by atoms with van der Waals surface area (Å²) in [5.74, 6) is -0.0750. The van der Waals surface area contributed by atoms with Gasteiger partial charge < -0.3 is 4.90 Å². The average Bonchev–Trinajstić information content (AvgIpc) is 2.99. The number of halogens is 1. The highest BCUT2D eigenvalue weighted by molar-refractivity contribution is 9.10. The molecule has 3 rings (SSSR count). The smallest absolute Gasteiger partial charge is 0.264 e. The second-order valence-electron chi connectivity index (χ2n) is 6.48. The molecule has 0 saturated heterocycles. The van der Waals surface area contributed by atoms with Crippen molar-refractivity contribution >= 4 is 43.2 Å². The van der Waals surface area contributed by atoms with E-state index in [1.165, 1.54) is 0 Å². The zero-order chi connectivity index (χ0) is 19.1. The molecule has 0 unspecified atom stereocenters. The number of amides is 1. The Balaban J connectivity index is 2.09. The highest BCUT2D eigenvalue weighted by Crippen LogP contribution is 2.38. The van der Waals surface area contributed by atoms with Crippen LogP contribution in [0.4, 0.5) is 11.4 Å². The molecule has 2 aromatic rings. The molecule has 0 radical (unpaired) electrons. The fourth-order valence-corrected chi connectivity index (χ4v) is 5.31. The van der Waals surface area contributed by atoms with Crippen LogP contribution in [0.1, 0.15) is 30.0 Å². The summed E-state index contributed by atoms with van der Waals surface area (Å²) in [4.78, 5) is 14.0. The van der Waals surface area contributed by atoms with Crippen LogP contribution in [0.5, 0.6) is 0 Å². The van der Waals surface area contributed by atoms with Gasteiger partial charge in [0.2, 0.25) is 5.91 Å². The van der Waals surface area contributed by atoms with E-state index in [9.17, 15) is 13.2 Å². The van der Waals surface area contributed by atoms with Crippen molar-refractivity contribution in [1.82, 2.24) is 0 Å². The van der Waals surface area contributed by atoms with Gasteiger partial charge in [-0.3, -0.25) is 9.52 Å². The third-order valence-electron chi connectivity index (χ3n) is 4.51. The Morgan fingerprint density at radius 1 is 1.23 bits per heavy atom. The molecule has 0 aromatic heterocycles. The molecule has 1 heterocycles. The van der Waals surface area contributed by atoms with Crippen LogP contribution in [0.3, 0.4) is 0 Å². The predicted molar refractivity (Wildman–Crippen MR) is 107 cm³/mol. The lowest BCUT2D eigenvalue weighted by atomic mass is 10.1. The predicted octanol–water partition coefficient (Wildman–Crippen LogP) is 4.17. The molecule has 1 amide bonds. The maximum Gasteiger partial charge on any atom is 0.264 e. The van der Waals surface area contributed by atoms with Gasteiger partial charge in [-0.05, 0) is 49.6 Å². The number of nitrogens with zero attached hydrogens (tertiary/aromatic N) is 1. The SMILES string of the molecule is CCC(=O)N1CCc2cc(Br)cc(S(=O)(=O)Nc3ccc(C)cc3C)c21. The number of nitrogens with one attached hydrogen (secondary N) is 1. The minimum Gasteiger partial charge on any atom is -0.310 e. The molecule has 0 fully saturated rings. The minimum absolute atomic E-state index is 0.0750. The van der Waals surface area contributed by atoms with E-state index in [2.05, 4.69) is 20.7 Å². The molecule has 1 aliphatic heterocycles. The van der Waals surface area contributed by atoms with Crippen molar-refractivity contribution in [3.8, 4) is 0 Å². The van der Waals surface area contributed by atoms with E-state index in [0.29, 0.717) is 35.2 Å². The van der Waals surface area contributed by atoms with E-state index >= 15 is 0 Å². The third-order valence-corrected chi connectivity index (χ3v) is 6.35. The molecule has 0 spiro atoms. The van der Waals surface area contributed by atoms with Crippen LogP contribution in [-0.4, -0.2) is 20.9 Å². The van der Waals surface area contributed by atoms with Crippen molar-refractivity contribution < 1.29 is 13.2 Å². The number of carbonyl (C=O) groups excluding carboxylic acids is 1. The van der Waals surface area contributed by atoms with Gasteiger partial charge in [0.05, 0.1) is 11.4 Å². The van der Waals surface area contributed by atoms with Crippen molar-refractivity contribution in [3.63, 3.8) is 0 Å². The molecule has 2 aromatic carbocycles. The zero-order valence-corrected chi connectivity index (χ0v) is 17.4. The first-order chi connectivity index (χ1) is 12.2. The number of sulfonamides is 1. The quantitative estimate of drug-likeness (QED) is 0.781. The highest BCUT2D eigenvalue weighted by atomic mass is 79.9. The van der Waals surface area contributed by atoms with E-state index < -0.39 is 10.0 Å². The standard InChI is InChI=1S/C19H21BrN2O3S/c1-4-18(23)22-8-7-14-10-15(20)11-17(19(14)22)26(24,25)21-16-6-5-12(2)9-13(16)3/h5-6,9-11,21H,4,7-8H2,1-3H3. The summed E-state index contributed by atoms with van der Waals surface area (Å²) in [5.41, 5.74) is 3.81. The van der Waals surface area contributed by atoms with Crippen LogP contribution in [-0.2, 0) is 21.2 Å². The van der Waals surface area contributed by atoms with Crippen molar-refractivity contribution in [1.29, 1.82) is 0 Å². The van der Waals surface area contributed by atoms with Gasteiger partial charge in [-0.25, -0.2) is 8.42 Å². The largest absolute Gasteiger partial charge is 0.310 e. The Morgan fingerprint density at radius 3 is 2.62 bits per heavy atom. The monoisotopic (exact) mass is 436 g/mol. The van der Waals surface area contributed by atoms with Crippen molar-refractivity contribution in [2.45, 2.75) is 38.5 Å². The number of anilines is 2. The van der Waals surface area contributed by atoms with E-state index in [4.69, 9.17) is 0 Å². The maximum atomic E-state index is 13.1. The Labute approximate surface area is 162 Å². The molecule has 1 N–H and O–H groups in total. The lowest BCUT2D eigenvalue weighted by Gasteiger charge is -2.21. The molecule has 0 saturated carbocycles. The number of fused-ring (bicyclic) bond motifs is 1. The normalized spacial score (nSPS) is 13.6. The first-order valence-electron chi connectivity index (χ1n) is 8.46. The first kappa shape index (κ1) is 18.9. The Hall–Kier alpha value is -1.86.